The molecule has 1 saturated carbocycles. The second kappa shape index (κ2) is 10.2. The maximum atomic E-state index is 13.8. The van der Waals surface area contributed by atoms with Gasteiger partial charge in [-0.05, 0) is 106 Å². The molecule has 0 aromatic heterocycles. The number of hydrogen-bond acceptors (Lipinski definition) is 5. The minimum absolute atomic E-state index is 0.139. The zero-order valence-corrected chi connectivity index (χ0v) is 24.8. The number of benzene rings is 2. The van der Waals surface area contributed by atoms with Gasteiger partial charge in [0, 0.05) is 47.7 Å². The molecule has 2 atom stereocenters. The molecule has 1 aliphatic carbocycles. The van der Waals surface area contributed by atoms with Gasteiger partial charge in [0.2, 0.25) is 10.0 Å². The molecule has 200 valence electrons. The predicted octanol–water partition coefficient (Wildman–Crippen LogP) is 6.12. The molecule has 6 nitrogen and oxygen atoms in total. The van der Waals surface area contributed by atoms with Gasteiger partial charge in [0.1, 0.15) is 0 Å². The second-order valence-electron chi connectivity index (χ2n) is 11.4. The lowest BCUT2D eigenvalue weighted by Gasteiger charge is -2.46. The highest BCUT2D eigenvalue weighted by Gasteiger charge is 2.45. The van der Waals surface area contributed by atoms with E-state index in [2.05, 4.69) is 20.0 Å². The number of carbonyl (C=O) groups is 1. The van der Waals surface area contributed by atoms with E-state index in [1.165, 1.54) is 35.6 Å². The van der Waals surface area contributed by atoms with Crippen molar-refractivity contribution in [2.45, 2.75) is 68.7 Å². The Bertz CT molecular complexity index is 1290. The number of nitrogens with zero attached hydrogens (tertiary/aromatic N) is 2. The van der Waals surface area contributed by atoms with E-state index in [4.69, 9.17) is 0 Å². The molecule has 9 heteroatoms. The van der Waals surface area contributed by atoms with Crippen LogP contribution in [0.15, 0.2) is 47.4 Å². The number of amides is 1. The van der Waals surface area contributed by atoms with Gasteiger partial charge in [-0.15, -0.1) is 9.24 Å². The fourth-order valence-electron chi connectivity index (χ4n) is 5.92. The highest BCUT2D eigenvalue weighted by molar-refractivity contribution is 7.99. The van der Waals surface area contributed by atoms with Crippen LogP contribution in [0.25, 0.3) is 0 Å². The first-order valence-corrected chi connectivity index (χ1v) is 16.7. The van der Waals surface area contributed by atoms with E-state index in [9.17, 15) is 13.2 Å². The van der Waals surface area contributed by atoms with E-state index in [0.29, 0.717) is 24.1 Å². The molecular formula is C28H38N3O3PS2. The van der Waals surface area contributed by atoms with Gasteiger partial charge in [0.15, 0.2) is 0 Å². The minimum atomic E-state index is -3.65. The first-order chi connectivity index (χ1) is 17.6. The van der Waals surface area contributed by atoms with Crippen LogP contribution in [0.4, 0.5) is 11.4 Å². The Balaban J connectivity index is 1.41. The third-order valence-electron chi connectivity index (χ3n) is 8.55. The first kappa shape index (κ1) is 27.0. The summed E-state index contributed by atoms with van der Waals surface area (Å²) in [6, 6.07) is 12.8. The quantitative estimate of drug-likeness (QED) is 0.281. The molecule has 3 aliphatic rings. The molecule has 5 rings (SSSR count). The van der Waals surface area contributed by atoms with Crippen molar-refractivity contribution in [2.75, 3.05) is 35.1 Å². The van der Waals surface area contributed by atoms with E-state index in [-0.39, 0.29) is 16.7 Å². The number of hydrogen-bond donors (Lipinski definition) is 1. The Labute approximate surface area is 228 Å². The average Bonchev–Trinajstić information content (AvgIpc) is 3.54. The van der Waals surface area contributed by atoms with Crippen molar-refractivity contribution < 1.29 is 13.2 Å². The van der Waals surface area contributed by atoms with Crippen LogP contribution in [-0.4, -0.2) is 49.7 Å². The molecule has 2 aromatic rings. The molecule has 0 bridgehead atoms. The van der Waals surface area contributed by atoms with Crippen LogP contribution >= 0.6 is 21.2 Å². The fraction of sp³-hybridized carbons (Fsp3) is 0.536. The van der Waals surface area contributed by atoms with Crippen molar-refractivity contribution in [3.05, 3.63) is 53.6 Å². The SMILES string of the molecule is CSNc1ccc2c(c1)C(CCC1(CCP)CC1)CN2C(=O)c1cccc(S(=O)(=O)N2CCC2(C)C)c1. The second-order valence-corrected chi connectivity index (χ2v) is 14.5. The molecule has 2 fully saturated rings. The molecule has 2 aromatic carbocycles. The van der Waals surface area contributed by atoms with Crippen LogP contribution < -0.4 is 9.62 Å². The summed E-state index contributed by atoms with van der Waals surface area (Å²) in [5.41, 5.74) is 3.70. The zero-order valence-electron chi connectivity index (χ0n) is 22.0. The molecule has 1 saturated heterocycles. The van der Waals surface area contributed by atoms with E-state index in [1.54, 1.807) is 36.2 Å². The lowest BCUT2D eigenvalue weighted by atomic mass is 9.88. The largest absolute Gasteiger partial charge is 0.330 e. The van der Waals surface area contributed by atoms with Crippen LogP contribution in [0.3, 0.4) is 0 Å². The van der Waals surface area contributed by atoms with Gasteiger partial charge in [-0.1, -0.05) is 18.0 Å². The summed E-state index contributed by atoms with van der Waals surface area (Å²) in [7, 11) is -0.778. The zero-order chi connectivity index (χ0) is 26.4. The Hall–Kier alpha value is -1.60. The van der Waals surface area contributed by atoms with E-state index in [0.717, 1.165) is 30.4 Å². The van der Waals surface area contributed by atoms with Crippen LogP contribution in [0.2, 0.25) is 0 Å². The lowest BCUT2D eigenvalue weighted by Crippen LogP contribution is -2.58. The van der Waals surface area contributed by atoms with E-state index < -0.39 is 15.6 Å². The Kier molecular flexibility index (Phi) is 7.42. The molecule has 37 heavy (non-hydrogen) atoms. The molecule has 2 aliphatic heterocycles. The van der Waals surface area contributed by atoms with Crippen molar-refractivity contribution >= 4 is 48.5 Å². The van der Waals surface area contributed by atoms with Crippen LogP contribution in [0.5, 0.6) is 0 Å². The molecule has 2 heterocycles. The number of nitrogens with one attached hydrogen (secondary N) is 1. The molecule has 0 spiro atoms. The highest BCUT2D eigenvalue weighted by Crippen LogP contribution is 2.55. The van der Waals surface area contributed by atoms with Crippen molar-refractivity contribution in [2.24, 2.45) is 5.41 Å². The molecule has 0 radical (unpaired) electrons. The molecule has 1 N–H and O–H groups in total. The van der Waals surface area contributed by atoms with Gasteiger partial charge in [0.05, 0.1) is 4.90 Å². The number of fused-ring (bicyclic) bond motifs is 1. The summed E-state index contributed by atoms with van der Waals surface area (Å²) in [5, 5.41) is 0. The van der Waals surface area contributed by atoms with Crippen molar-refractivity contribution in [3.63, 3.8) is 0 Å². The van der Waals surface area contributed by atoms with Gasteiger partial charge in [-0.25, -0.2) is 8.42 Å². The maximum Gasteiger partial charge on any atom is 0.258 e. The molecule has 1 amide bonds. The number of carbonyl (C=O) groups excluding carboxylic acids is 1. The van der Waals surface area contributed by atoms with E-state index >= 15 is 0 Å². The highest BCUT2D eigenvalue weighted by atomic mass is 32.2. The van der Waals surface area contributed by atoms with Crippen molar-refractivity contribution in [1.29, 1.82) is 0 Å². The third-order valence-corrected chi connectivity index (χ3v) is 11.4. The Morgan fingerprint density at radius 3 is 2.54 bits per heavy atom. The topological polar surface area (TPSA) is 69.7 Å². The van der Waals surface area contributed by atoms with Crippen LogP contribution in [-0.2, 0) is 10.0 Å². The average molecular weight is 560 g/mol. The number of sulfonamides is 1. The summed E-state index contributed by atoms with van der Waals surface area (Å²) in [5.74, 6) is 0.138. The maximum absolute atomic E-state index is 13.8. The summed E-state index contributed by atoms with van der Waals surface area (Å²) < 4.78 is 31.5. The summed E-state index contributed by atoms with van der Waals surface area (Å²) in [6.07, 6.45) is 10.1. The van der Waals surface area contributed by atoms with Gasteiger partial charge in [-0.2, -0.15) is 4.31 Å². The standard InChI is InChI=1S/C28H38N3O3PS2/c1-27(2)13-15-31(27)37(33,34)23-6-4-5-20(17-23)26(32)30-19-21(9-10-28(11-12-28)14-16-35)24-18-22(29-36-3)7-8-25(24)30/h4-8,17-18,21,29H,9-16,19,35H2,1-3H3. The minimum Gasteiger partial charge on any atom is -0.330 e. The van der Waals surface area contributed by atoms with Crippen LogP contribution in [0, 0.1) is 5.41 Å². The van der Waals surface area contributed by atoms with Gasteiger partial charge in [-0.3, -0.25) is 4.79 Å². The summed E-state index contributed by atoms with van der Waals surface area (Å²) >= 11 is 1.56. The van der Waals surface area contributed by atoms with Crippen molar-refractivity contribution in [1.82, 2.24) is 4.31 Å². The van der Waals surface area contributed by atoms with Crippen LogP contribution in [0.1, 0.15) is 74.2 Å². The van der Waals surface area contributed by atoms with Crippen molar-refractivity contribution in [3.8, 4) is 0 Å². The van der Waals surface area contributed by atoms with Gasteiger partial charge in [0.25, 0.3) is 5.91 Å². The number of rotatable bonds is 10. The van der Waals surface area contributed by atoms with Gasteiger partial charge >= 0.3 is 0 Å². The van der Waals surface area contributed by atoms with E-state index in [1.807, 2.05) is 37.1 Å². The Morgan fingerprint density at radius 2 is 1.92 bits per heavy atom. The smallest absolute Gasteiger partial charge is 0.258 e. The summed E-state index contributed by atoms with van der Waals surface area (Å²) in [6.45, 7) is 5.02. The fourth-order valence-corrected chi connectivity index (χ4v) is 8.75. The monoisotopic (exact) mass is 559 g/mol. The number of anilines is 2. The predicted molar refractivity (Wildman–Crippen MR) is 157 cm³/mol. The third kappa shape index (κ3) is 5.19. The van der Waals surface area contributed by atoms with Gasteiger partial charge < -0.3 is 9.62 Å². The first-order valence-electron chi connectivity index (χ1n) is 13.2. The normalized spacial score (nSPS) is 21.8. The lowest BCUT2D eigenvalue weighted by molar-refractivity contribution is 0.0987. The molecule has 2 unspecified atom stereocenters. The summed E-state index contributed by atoms with van der Waals surface area (Å²) in [4.78, 5) is 15.9. The molecular weight excluding hydrogens is 521 g/mol. The Morgan fingerprint density at radius 1 is 1.14 bits per heavy atom.